The molecule has 0 spiro atoms. The molecule has 140 valence electrons. The molecule has 3 heteroatoms. The molecule has 0 aliphatic carbocycles. The standard InChI is InChI=1S/C24H26O3/c1-4-12-26-24(5-2)21-14-22(25-3)16-23(15-21)27-17-18-10-11-19-8-6-7-9-20(19)13-18/h4,6-11,13-16,24H,1,5,12,17H2,2-3H3. The summed E-state index contributed by atoms with van der Waals surface area (Å²) in [6.45, 7) is 6.84. The normalized spacial score (nSPS) is 11.9. The fraction of sp³-hybridized carbons (Fsp3) is 0.250. The van der Waals surface area contributed by atoms with Crippen molar-refractivity contribution in [1.29, 1.82) is 0 Å². The number of ether oxygens (including phenoxy) is 3. The van der Waals surface area contributed by atoms with Crippen LogP contribution in [0.25, 0.3) is 10.8 Å². The van der Waals surface area contributed by atoms with Gasteiger partial charge in [-0.15, -0.1) is 6.58 Å². The smallest absolute Gasteiger partial charge is 0.123 e. The van der Waals surface area contributed by atoms with E-state index < -0.39 is 0 Å². The molecule has 0 aliphatic rings. The van der Waals surface area contributed by atoms with Gasteiger partial charge in [-0.05, 0) is 46.5 Å². The van der Waals surface area contributed by atoms with Crippen LogP contribution in [0.1, 0.15) is 30.6 Å². The fourth-order valence-corrected chi connectivity index (χ4v) is 3.11. The number of methoxy groups -OCH3 is 1. The first-order valence-corrected chi connectivity index (χ1v) is 9.25. The molecular formula is C24H26O3. The van der Waals surface area contributed by atoms with Crippen LogP contribution >= 0.6 is 0 Å². The monoisotopic (exact) mass is 362 g/mol. The Bertz CT molecular complexity index is 901. The first-order chi connectivity index (χ1) is 13.2. The third-order valence-electron chi connectivity index (χ3n) is 4.52. The van der Waals surface area contributed by atoms with E-state index in [9.17, 15) is 0 Å². The summed E-state index contributed by atoms with van der Waals surface area (Å²) in [4.78, 5) is 0. The van der Waals surface area contributed by atoms with E-state index in [4.69, 9.17) is 14.2 Å². The van der Waals surface area contributed by atoms with E-state index in [0.29, 0.717) is 13.2 Å². The first-order valence-electron chi connectivity index (χ1n) is 9.25. The van der Waals surface area contributed by atoms with Gasteiger partial charge in [0.2, 0.25) is 0 Å². The Balaban J connectivity index is 1.78. The molecule has 27 heavy (non-hydrogen) atoms. The lowest BCUT2D eigenvalue weighted by Gasteiger charge is -2.18. The molecule has 3 rings (SSSR count). The highest BCUT2D eigenvalue weighted by Crippen LogP contribution is 2.30. The summed E-state index contributed by atoms with van der Waals surface area (Å²) in [7, 11) is 1.66. The van der Waals surface area contributed by atoms with Gasteiger partial charge < -0.3 is 14.2 Å². The minimum Gasteiger partial charge on any atom is -0.497 e. The van der Waals surface area contributed by atoms with Crippen molar-refractivity contribution in [2.24, 2.45) is 0 Å². The zero-order chi connectivity index (χ0) is 19.1. The van der Waals surface area contributed by atoms with Crippen molar-refractivity contribution in [3.63, 3.8) is 0 Å². The van der Waals surface area contributed by atoms with Gasteiger partial charge in [0, 0.05) is 6.07 Å². The van der Waals surface area contributed by atoms with Crippen molar-refractivity contribution in [3.8, 4) is 11.5 Å². The predicted octanol–water partition coefficient (Wildman–Crippen LogP) is 6.08. The van der Waals surface area contributed by atoms with E-state index in [2.05, 4.69) is 56.0 Å². The van der Waals surface area contributed by atoms with Gasteiger partial charge in [0.1, 0.15) is 18.1 Å². The van der Waals surface area contributed by atoms with E-state index in [0.717, 1.165) is 29.0 Å². The van der Waals surface area contributed by atoms with Crippen molar-refractivity contribution in [1.82, 2.24) is 0 Å². The number of rotatable bonds is 9. The van der Waals surface area contributed by atoms with Crippen LogP contribution in [0.15, 0.2) is 73.3 Å². The number of hydrogen-bond acceptors (Lipinski definition) is 3. The summed E-state index contributed by atoms with van der Waals surface area (Å²) in [5.41, 5.74) is 2.18. The van der Waals surface area contributed by atoms with Gasteiger partial charge in [-0.2, -0.15) is 0 Å². The summed E-state index contributed by atoms with van der Waals surface area (Å²) >= 11 is 0. The Hall–Kier alpha value is -2.78. The van der Waals surface area contributed by atoms with Gasteiger partial charge in [0.15, 0.2) is 0 Å². The quantitative estimate of drug-likeness (QED) is 0.432. The first kappa shape index (κ1) is 19.0. The molecule has 0 bridgehead atoms. The summed E-state index contributed by atoms with van der Waals surface area (Å²) in [5, 5.41) is 2.45. The lowest BCUT2D eigenvalue weighted by molar-refractivity contribution is 0.0710. The van der Waals surface area contributed by atoms with Crippen molar-refractivity contribution < 1.29 is 14.2 Å². The van der Waals surface area contributed by atoms with Crippen LogP contribution in [0.2, 0.25) is 0 Å². The third kappa shape index (κ3) is 4.89. The highest BCUT2D eigenvalue weighted by molar-refractivity contribution is 5.82. The highest BCUT2D eigenvalue weighted by atomic mass is 16.5. The molecule has 3 aromatic rings. The maximum absolute atomic E-state index is 6.07. The summed E-state index contributed by atoms with van der Waals surface area (Å²) in [5.74, 6) is 1.54. The van der Waals surface area contributed by atoms with Gasteiger partial charge >= 0.3 is 0 Å². The average molecular weight is 362 g/mol. The SMILES string of the molecule is C=CCOC(CC)c1cc(OC)cc(OCc2ccc3ccccc3c2)c1. The Morgan fingerprint density at radius 1 is 0.963 bits per heavy atom. The minimum atomic E-state index is -0.0129. The number of fused-ring (bicyclic) bond motifs is 1. The largest absolute Gasteiger partial charge is 0.497 e. The van der Waals surface area contributed by atoms with Crippen molar-refractivity contribution in [2.75, 3.05) is 13.7 Å². The van der Waals surface area contributed by atoms with Gasteiger partial charge in [0.25, 0.3) is 0 Å². The molecule has 0 aromatic heterocycles. The van der Waals surface area contributed by atoms with Crippen LogP contribution in [-0.4, -0.2) is 13.7 Å². The summed E-state index contributed by atoms with van der Waals surface area (Å²) in [6, 6.07) is 20.7. The molecule has 0 heterocycles. The minimum absolute atomic E-state index is 0.0129. The molecule has 1 unspecified atom stereocenters. The van der Waals surface area contributed by atoms with Crippen LogP contribution < -0.4 is 9.47 Å². The zero-order valence-electron chi connectivity index (χ0n) is 16.0. The van der Waals surface area contributed by atoms with Gasteiger partial charge in [-0.25, -0.2) is 0 Å². The maximum Gasteiger partial charge on any atom is 0.123 e. The molecule has 0 fully saturated rings. The van der Waals surface area contributed by atoms with Crippen LogP contribution in [0.3, 0.4) is 0 Å². The van der Waals surface area contributed by atoms with Crippen molar-refractivity contribution in [3.05, 3.63) is 84.4 Å². The fourth-order valence-electron chi connectivity index (χ4n) is 3.11. The van der Waals surface area contributed by atoms with Crippen molar-refractivity contribution in [2.45, 2.75) is 26.1 Å². The Morgan fingerprint density at radius 3 is 2.48 bits per heavy atom. The van der Waals surface area contributed by atoms with Gasteiger partial charge in [-0.1, -0.05) is 49.4 Å². The second-order valence-electron chi connectivity index (χ2n) is 6.43. The Morgan fingerprint density at radius 2 is 1.74 bits per heavy atom. The van der Waals surface area contributed by atoms with Crippen molar-refractivity contribution >= 4 is 10.8 Å². The Labute approximate surface area is 161 Å². The van der Waals surface area contributed by atoms with Crippen LogP contribution in [0.4, 0.5) is 0 Å². The molecule has 0 N–H and O–H groups in total. The number of benzene rings is 3. The number of hydrogen-bond donors (Lipinski definition) is 0. The molecular weight excluding hydrogens is 336 g/mol. The molecule has 3 nitrogen and oxygen atoms in total. The van der Waals surface area contributed by atoms with E-state index in [1.54, 1.807) is 13.2 Å². The van der Waals surface area contributed by atoms with E-state index in [-0.39, 0.29) is 6.10 Å². The molecule has 0 amide bonds. The maximum atomic E-state index is 6.07. The van der Waals surface area contributed by atoms with E-state index in [1.165, 1.54) is 10.8 Å². The summed E-state index contributed by atoms with van der Waals surface area (Å²) in [6.07, 6.45) is 2.62. The molecule has 1 atom stereocenters. The second-order valence-corrected chi connectivity index (χ2v) is 6.43. The van der Waals surface area contributed by atoms with Gasteiger partial charge in [0.05, 0.1) is 19.8 Å². The molecule has 0 saturated heterocycles. The lowest BCUT2D eigenvalue weighted by Crippen LogP contribution is -2.05. The zero-order valence-corrected chi connectivity index (χ0v) is 16.0. The topological polar surface area (TPSA) is 27.7 Å². The van der Waals surface area contributed by atoms with Crippen LogP contribution in [-0.2, 0) is 11.3 Å². The molecule has 3 aromatic carbocycles. The Kier molecular flexibility index (Phi) is 6.50. The van der Waals surface area contributed by atoms with Gasteiger partial charge in [-0.3, -0.25) is 0 Å². The predicted molar refractivity (Wildman–Crippen MR) is 110 cm³/mol. The third-order valence-corrected chi connectivity index (χ3v) is 4.52. The van der Waals surface area contributed by atoms with Crippen LogP contribution in [0.5, 0.6) is 11.5 Å². The van der Waals surface area contributed by atoms with E-state index >= 15 is 0 Å². The molecule has 0 saturated carbocycles. The lowest BCUT2D eigenvalue weighted by atomic mass is 10.1. The second kappa shape index (κ2) is 9.24. The van der Waals surface area contributed by atoms with Crippen LogP contribution in [0, 0.1) is 0 Å². The highest BCUT2D eigenvalue weighted by Gasteiger charge is 2.13. The summed E-state index contributed by atoms with van der Waals surface area (Å²) < 4.78 is 17.4. The molecule has 0 radical (unpaired) electrons. The average Bonchev–Trinajstić information content (AvgIpc) is 2.72. The van der Waals surface area contributed by atoms with E-state index in [1.807, 2.05) is 18.2 Å². The molecule has 0 aliphatic heterocycles.